The molecule has 0 fully saturated rings. The summed E-state index contributed by atoms with van der Waals surface area (Å²) in [7, 11) is 1.25. The molecule has 0 aromatic carbocycles. The van der Waals surface area contributed by atoms with Crippen LogP contribution in [0.15, 0.2) is 0 Å². The van der Waals surface area contributed by atoms with Gasteiger partial charge in [-0.15, -0.1) is 11.7 Å². The molecule has 0 heterocycles. The van der Waals surface area contributed by atoms with Crippen LogP contribution in [0.5, 0.6) is 0 Å². The molecule has 0 bridgehead atoms. The van der Waals surface area contributed by atoms with Crippen LogP contribution in [0, 0.1) is 5.41 Å². The van der Waals surface area contributed by atoms with Crippen molar-refractivity contribution >= 4 is 34.1 Å². The van der Waals surface area contributed by atoms with Crippen molar-refractivity contribution in [1.29, 1.82) is 0 Å². The Balaban J connectivity index is 3.49. The maximum absolute atomic E-state index is 11.8. The Bertz CT molecular complexity index is 354. The van der Waals surface area contributed by atoms with Gasteiger partial charge in [0.15, 0.2) is 5.78 Å². The standard InChI is InChI=1S/C15H29NO4S2/c1-14(2,3)13(18)16-7-9-20-11-10-19-8-6-12(17)15(4,5)22-21/h21H,6-11H2,1-5H3,(H,16,18). The number of hydrogen-bond donors (Lipinski definition) is 2. The van der Waals surface area contributed by atoms with Gasteiger partial charge in [0.25, 0.3) is 0 Å². The Labute approximate surface area is 143 Å². The first kappa shape index (κ1) is 21.8. The Hall–Kier alpha value is -0.240. The summed E-state index contributed by atoms with van der Waals surface area (Å²) in [4.78, 5) is 23.4. The van der Waals surface area contributed by atoms with Crippen LogP contribution in [0.3, 0.4) is 0 Å². The van der Waals surface area contributed by atoms with E-state index in [1.807, 2.05) is 34.6 Å². The average Bonchev–Trinajstić information content (AvgIpc) is 2.43. The first-order chi connectivity index (χ1) is 10.1. The van der Waals surface area contributed by atoms with Crippen molar-refractivity contribution in [3.8, 4) is 0 Å². The largest absolute Gasteiger partial charge is 0.379 e. The Kier molecular flexibility index (Phi) is 10.4. The van der Waals surface area contributed by atoms with Crippen molar-refractivity contribution < 1.29 is 19.1 Å². The van der Waals surface area contributed by atoms with Gasteiger partial charge in [-0.05, 0) is 13.8 Å². The van der Waals surface area contributed by atoms with Crippen LogP contribution in [-0.2, 0) is 19.1 Å². The SMILES string of the molecule is CC(C)(C)C(=O)NCCOCCOCCC(=O)C(C)(C)SS. The molecule has 0 aliphatic heterocycles. The summed E-state index contributed by atoms with van der Waals surface area (Å²) >= 11 is 4.09. The van der Waals surface area contributed by atoms with Crippen molar-refractivity contribution in [1.82, 2.24) is 5.32 Å². The lowest BCUT2D eigenvalue weighted by atomic mass is 9.96. The summed E-state index contributed by atoms with van der Waals surface area (Å²) in [5, 5.41) is 2.80. The molecule has 0 atom stereocenters. The van der Waals surface area contributed by atoms with Crippen molar-refractivity contribution in [3.63, 3.8) is 0 Å². The normalized spacial score (nSPS) is 12.3. The Morgan fingerprint density at radius 2 is 1.55 bits per heavy atom. The van der Waals surface area contributed by atoms with E-state index in [0.29, 0.717) is 39.4 Å². The monoisotopic (exact) mass is 351 g/mol. The lowest BCUT2D eigenvalue weighted by Crippen LogP contribution is -2.36. The van der Waals surface area contributed by atoms with Gasteiger partial charge in [0.05, 0.1) is 31.2 Å². The number of carbonyl (C=O) groups is 2. The van der Waals surface area contributed by atoms with Gasteiger partial charge in [-0.3, -0.25) is 9.59 Å². The zero-order valence-corrected chi connectivity index (χ0v) is 15.9. The molecule has 0 saturated heterocycles. The Morgan fingerprint density at radius 1 is 1.00 bits per heavy atom. The van der Waals surface area contributed by atoms with Crippen LogP contribution in [-0.4, -0.2) is 49.4 Å². The first-order valence-corrected chi connectivity index (χ1v) is 9.28. The molecular weight excluding hydrogens is 322 g/mol. The van der Waals surface area contributed by atoms with E-state index in [4.69, 9.17) is 9.47 Å². The fraction of sp³-hybridized carbons (Fsp3) is 0.867. The van der Waals surface area contributed by atoms with Crippen LogP contribution in [0.4, 0.5) is 0 Å². The van der Waals surface area contributed by atoms with Gasteiger partial charge >= 0.3 is 0 Å². The molecule has 0 aliphatic carbocycles. The molecule has 0 aliphatic rings. The van der Waals surface area contributed by atoms with Crippen LogP contribution in [0.1, 0.15) is 41.0 Å². The van der Waals surface area contributed by atoms with Gasteiger partial charge in [-0.25, -0.2) is 0 Å². The van der Waals surface area contributed by atoms with Crippen molar-refractivity contribution in [2.75, 3.05) is 33.0 Å². The maximum atomic E-state index is 11.8. The maximum Gasteiger partial charge on any atom is 0.225 e. The van der Waals surface area contributed by atoms with Crippen molar-refractivity contribution in [3.05, 3.63) is 0 Å². The second kappa shape index (κ2) is 10.5. The number of ketones is 1. The summed E-state index contributed by atoms with van der Waals surface area (Å²) < 4.78 is 10.2. The molecule has 7 heteroatoms. The number of ether oxygens (including phenoxy) is 2. The number of amides is 1. The van der Waals surface area contributed by atoms with E-state index in [1.54, 1.807) is 0 Å². The summed E-state index contributed by atoms with van der Waals surface area (Å²) in [6, 6.07) is 0. The lowest BCUT2D eigenvalue weighted by molar-refractivity contribution is -0.128. The Morgan fingerprint density at radius 3 is 2.05 bits per heavy atom. The molecule has 1 N–H and O–H groups in total. The fourth-order valence-electron chi connectivity index (χ4n) is 1.34. The second-order valence-corrected chi connectivity index (χ2v) is 8.26. The fourth-order valence-corrected chi connectivity index (χ4v) is 1.85. The summed E-state index contributed by atoms with van der Waals surface area (Å²) in [5.74, 6) is 0.133. The molecule has 0 aromatic heterocycles. The summed E-state index contributed by atoms with van der Waals surface area (Å²) in [6.45, 7) is 11.5. The van der Waals surface area contributed by atoms with E-state index in [2.05, 4.69) is 17.0 Å². The summed E-state index contributed by atoms with van der Waals surface area (Å²) in [6.07, 6.45) is 0.377. The lowest BCUT2D eigenvalue weighted by Gasteiger charge is -2.19. The van der Waals surface area contributed by atoms with Crippen molar-refractivity contribution in [2.45, 2.75) is 45.8 Å². The minimum Gasteiger partial charge on any atom is -0.379 e. The second-order valence-electron chi connectivity index (χ2n) is 6.51. The third kappa shape index (κ3) is 9.71. The topological polar surface area (TPSA) is 64.6 Å². The highest BCUT2D eigenvalue weighted by molar-refractivity contribution is 8.69. The van der Waals surface area contributed by atoms with Crippen LogP contribution >= 0.6 is 22.5 Å². The number of Topliss-reactive ketones (excluding diaryl/α,β-unsaturated/α-hetero) is 1. The predicted octanol–water partition coefficient (Wildman–Crippen LogP) is 2.50. The molecule has 130 valence electrons. The summed E-state index contributed by atoms with van der Waals surface area (Å²) in [5.41, 5.74) is -0.380. The van der Waals surface area contributed by atoms with Crippen LogP contribution < -0.4 is 5.32 Å². The molecule has 0 saturated carbocycles. The van der Waals surface area contributed by atoms with E-state index >= 15 is 0 Å². The van der Waals surface area contributed by atoms with Gasteiger partial charge in [0.1, 0.15) is 0 Å². The molecule has 0 rings (SSSR count). The molecule has 0 radical (unpaired) electrons. The van der Waals surface area contributed by atoms with Crippen LogP contribution in [0.2, 0.25) is 0 Å². The van der Waals surface area contributed by atoms with Crippen LogP contribution in [0.25, 0.3) is 0 Å². The van der Waals surface area contributed by atoms with Gasteiger partial charge < -0.3 is 14.8 Å². The highest BCUT2D eigenvalue weighted by Gasteiger charge is 2.26. The zero-order valence-electron chi connectivity index (χ0n) is 14.2. The molecule has 5 nitrogen and oxygen atoms in total. The third-order valence-electron chi connectivity index (χ3n) is 2.96. The highest BCUT2D eigenvalue weighted by atomic mass is 33.1. The van der Waals surface area contributed by atoms with Crippen molar-refractivity contribution in [2.24, 2.45) is 5.41 Å². The first-order valence-electron chi connectivity index (χ1n) is 7.41. The van der Waals surface area contributed by atoms with Gasteiger partial charge in [0.2, 0.25) is 5.91 Å². The third-order valence-corrected chi connectivity index (χ3v) is 5.01. The zero-order chi connectivity index (χ0) is 17.2. The highest BCUT2D eigenvalue weighted by Crippen LogP contribution is 2.29. The van der Waals surface area contributed by atoms with Gasteiger partial charge in [-0.1, -0.05) is 31.6 Å². The number of hydrogen-bond acceptors (Lipinski definition) is 6. The van der Waals surface area contributed by atoms with E-state index < -0.39 is 4.75 Å². The predicted molar refractivity (Wildman–Crippen MR) is 94.4 cm³/mol. The minimum atomic E-state index is -0.478. The van der Waals surface area contributed by atoms with E-state index in [-0.39, 0.29) is 17.1 Å². The number of rotatable bonds is 11. The molecule has 0 aromatic rings. The van der Waals surface area contributed by atoms with Gasteiger partial charge in [-0.2, -0.15) is 0 Å². The van der Waals surface area contributed by atoms with E-state index in [1.165, 1.54) is 10.8 Å². The molecule has 22 heavy (non-hydrogen) atoms. The number of thiol groups is 1. The number of carbonyl (C=O) groups excluding carboxylic acids is 2. The number of nitrogens with one attached hydrogen (secondary N) is 1. The molecular formula is C15H29NO4S2. The quantitative estimate of drug-likeness (QED) is 0.340. The molecule has 0 spiro atoms. The van der Waals surface area contributed by atoms with Gasteiger partial charge in [0, 0.05) is 18.4 Å². The van der Waals surface area contributed by atoms with E-state index in [0.717, 1.165) is 0 Å². The molecule has 1 amide bonds. The average molecular weight is 352 g/mol. The van der Waals surface area contributed by atoms with E-state index in [9.17, 15) is 9.59 Å². The molecule has 0 unspecified atom stereocenters. The smallest absolute Gasteiger partial charge is 0.225 e. The minimum absolute atomic E-state index is 0.00976.